The van der Waals surface area contributed by atoms with Gasteiger partial charge in [-0.05, 0) is 19.4 Å². The van der Waals surface area contributed by atoms with Crippen molar-refractivity contribution in [1.82, 2.24) is 5.32 Å². The lowest BCUT2D eigenvalue weighted by Gasteiger charge is -2.33. The zero-order valence-electron chi connectivity index (χ0n) is 6.20. The third kappa shape index (κ3) is 1.47. The molecule has 1 rings (SSSR count). The molecule has 0 bridgehead atoms. The van der Waals surface area contributed by atoms with Crippen LogP contribution in [0.2, 0.25) is 0 Å². The number of nitrogens with one attached hydrogen (secondary N) is 1. The zero-order chi connectivity index (χ0) is 7.45. The van der Waals surface area contributed by atoms with E-state index in [9.17, 15) is 4.39 Å². The molecule has 2 nitrogen and oxygen atoms in total. The molecule has 1 atom stereocenters. The highest BCUT2D eigenvalue weighted by Gasteiger charge is 2.30. The number of halogens is 1. The van der Waals surface area contributed by atoms with Crippen LogP contribution >= 0.6 is 0 Å². The molecule has 1 unspecified atom stereocenters. The summed E-state index contributed by atoms with van der Waals surface area (Å²) < 4.78 is 12.4. The van der Waals surface area contributed by atoms with Gasteiger partial charge in [-0.3, -0.25) is 4.39 Å². The second kappa shape index (κ2) is 3.30. The van der Waals surface area contributed by atoms with E-state index in [0.29, 0.717) is 6.54 Å². The van der Waals surface area contributed by atoms with Crippen LogP contribution in [-0.2, 0) is 0 Å². The molecule has 0 saturated carbocycles. The van der Waals surface area contributed by atoms with Gasteiger partial charge >= 0.3 is 0 Å². The highest BCUT2D eigenvalue weighted by Crippen LogP contribution is 2.24. The van der Waals surface area contributed by atoms with Gasteiger partial charge < -0.3 is 11.1 Å². The van der Waals surface area contributed by atoms with Gasteiger partial charge in [-0.1, -0.05) is 0 Å². The maximum atomic E-state index is 12.4. The fraction of sp³-hybridized carbons (Fsp3) is 1.00. The second-order valence-electron chi connectivity index (χ2n) is 3.12. The van der Waals surface area contributed by atoms with Gasteiger partial charge in [0.25, 0.3) is 0 Å². The Balaban J connectivity index is 2.44. The zero-order valence-corrected chi connectivity index (χ0v) is 6.20. The summed E-state index contributed by atoms with van der Waals surface area (Å²) in [6.07, 6.45) is 1.99. The fourth-order valence-corrected chi connectivity index (χ4v) is 1.37. The smallest absolute Gasteiger partial charge is 0.0974 e. The summed E-state index contributed by atoms with van der Waals surface area (Å²) in [6.45, 7) is 1.95. The van der Waals surface area contributed by atoms with Crippen molar-refractivity contribution in [3.63, 3.8) is 0 Å². The Kier molecular flexibility index (Phi) is 2.63. The highest BCUT2D eigenvalue weighted by atomic mass is 19.1. The minimum atomic E-state index is -0.281. The number of rotatable bonds is 2. The lowest BCUT2D eigenvalue weighted by Crippen LogP contribution is -2.46. The van der Waals surface area contributed by atoms with Gasteiger partial charge in [0.05, 0.1) is 6.67 Å². The first kappa shape index (κ1) is 7.95. The normalized spacial score (nSPS) is 34.2. The molecule has 0 aliphatic carbocycles. The van der Waals surface area contributed by atoms with E-state index < -0.39 is 0 Å². The van der Waals surface area contributed by atoms with Gasteiger partial charge in [-0.15, -0.1) is 0 Å². The van der Waals surface area contributed by atoms with Crippen LogP contribution in [0.4, 0.5) is 4.39 Å². The van der Waals surface area contributed by atoms with Crippen LogP contribution in [0.1, 0.15) is 12.8 Å². The average molecular weight is 146 g/mol. The molecule has 1 fully saturated rings. The van der Waals surface area contributed by atoms with Crippen molar-refractivity contribution in [1.29, 1.82) is 0 Å². The van der Waals surface area contributed by atoms with Gasteiger partial charge in [0.2, 0.25) is 0 Å². The Morgan fingerprint density at radius 3 is 2.70 bits per heavy atom. The minimum absolute atomic E-state index is 0.238. The van der Waals surface area contributed by atoms with E-state index in [1.165, 1.54) is 0 Å². The lowest BCUT2D eigenvalue weighted by molar-refractivity contribution is 0.163. The molecule has 0 aromatic carbocycles. The first-order chi connectivity index (χ1) is 4.83. The molecule has 3 N–H and O–H groups in total. The van der Waals surface area contributed by atoms with Gasteiger partial charge in [0, 0.05) is 18.5 Å². The van der Waals surface area contributed by atoms with Crippen molar-refractivity contribution >= 4 is 0 Å². The molecule has 1 aliphatic heterocycles. The summed E-state index contributed by atoms with van der Waals surface area (Å²) in [7, 11) is 0. The number of alkyl halides is 1. The number of hydrogen-bond acceptors (Lipinski definition) is 2. The maximum absolute atomic E-state index is 12.4. The van der Waals surface area contributed by atoms with Crippen LogP contribution < -0.4 is 11.1 Å². The van der Waals surface area contributed by atoms with E-state index in [1.807, 2.05) is 0 Å². The lowest BCUT2D eigenvalue weighted by atomic mass is 9.82. The first-order valence-corrected chi connectivity index (χ1v) is 3.80. The summed E-state index contributed by atoms with van der Waals surface area (Å²) in [4.78, 5) is 0. The molecule has 1 heterocycles. The van der Waals surface area contributed by atoms with Gasteiger partial charge in [-0.2, -0.15) is 0 Å². The van der Waals surface area contributed by atoms with E-state index >= 15 is 0 Å². The largest absolute Gasteiger partial charge is 0.330 e. The molecular weight excluding hydrogens is 131 g/mol. The van der Waals surface area contributed by atoms with Crippen molar-refractivity contribution in [2.75, 3.05) is 26.3 Å². The molecule has 0 radical (unpaired) electrons. The molecule has 0 aromatic rings. The average Bonchev–Trinajstić information content (AvgIpc) is 2.06. The van der Waals surface area contributed by atoms with Crippen molar-refractivity contribution in [3.05, 3.63) is 0 Å². The quantitative estimate of drug-likeness (QED) is 0.587. The molecule has 1 aliphatic rings. The Labute approximate surface area is 61.0 Å². The highest BCUT2D eigenvalue weighted by molar-refractivity contribution is 4.85. The third-order valence-corrected chi connectivity index (χ3v) is 2.28. The summed E-state index contributed by atoms with van der Waals surface area (Å²) in [5.74, 6) is 0. The topological polar surface area (TPSA) is 38.0 Å². The summed E-state index contributed by atoms with van der Waals surface area (Å²) in [6, 6.07) is 0. The standard InChI is InChI=1S/C7H15FN2/c8-4-7(5-9)2-1-3-10-6-7/h10H,1-6,9H2. The second-order valence-corrected chi connectivity index (χ2v) is 3.12. The molecule has 0 amide bonds. The fourth-order valence-electron chi connectivity index (χ4n) is 1.37. The predicted molar refractivity (Wildman–Crippen MR) is 39.6 cm³/mol. The van der Waals surface area contributed by atoms with Crippen LogP contribution in [-0.4, -0.2) is 26.3 Å². The minimum Gasteiger partial charge on any atom is -0.330 e. The van der Waals surface area contributed by atoms with Crippen molar-refractivity contribution in [3.8, 4) is 0 Å². The molecule has 0 aromatic heterocycles. The first-order valence-electron chi connectivity index (χ1n) is 3.80. The number of piperidine rings is 1. The maximum Gasteiger partial charge on any atom is 0.0974 e. The Bertz CT molecular complexity index is 93.8. The van der Waals surface area contributed by atoms with Crippen LogP contribution in [0, 0.1) is 5.41 Å². The summed E-state index contributed by atoms with van der Waals surface area (Å²) in [5, 5.41) is 3.16. The molecule has 60 valence electrons. The van der Waals surface area contributed by atoms with Crippen molar-refractivity contribution in [2.45, 2.75) is 12.8 Å². The van der Waals surface area contributed by atoms with E-state index in [-0.39, 0.29) is 12.1 Å². The molecule has 0 spiro atoms. The van der Waals surface area contributed by atoms with Gasteiger partial charge in [0.15, 0.2) is 0 Å². The monoisotopic (exact) mass is 146 g/mol. The van der Waals surface area contributed by atoms with Crippen LogP contribution in [0.5, 0.6) is 0 Å². The van der Waals surface area contributed by atoms with Crippen molar-refractivity contribution in [2.24, 2.45) is 11.1 Å². The van der Waals surface area contributed by atoms with Gasteiger partial charge in [-0.25, -0.2) is 0 Å². The number of hydrogen-bond donors (Lipinski definition) is 2. The SMILES string of the molecule is NCC1(CF)CCCNC1. The Hall–Kier alpha value is -0.150. The molecule has 10 heavy (non-hydrogen) atoms. The molecule has 1 saturated heterocycles. The molecular formula is C7H15FN2. The van der Waals surface area contributed by atoms with E-state index in [4.69, 9.17) is 5.73 Å². The summed E-state index contributed by atoms with van der Waals surface area (Å²) >= 11 is 0. The van der Waals surface area contributed by atoms with Crippen LogP contribution in [0.25, 0.3) is 0 Å². The van der Waals surface area contributed by atoms with Gasteiger partial charge in [0.1, 0.15) is 0 Å². The summed E-state index contributed by atoms with van der Waals surface area (Å²) in [5.41, 5.74) is 5.23. The third-order valence-electron chi connectivity index (χ3n) is 2.28. The van der Waals surface area contributed by atoms with E-state index in [0.717, 1.165) is 25.9 Å². The molecule has 3 heteroatoms. The number of nitrogens with two attached hydrogens (primary N) is 1. The van der Waals surface area contributed by atoms with E-state index in [1.54, 1.807) is 0 Å². The van der Waals surface area contributed by atoms with Crippen LogP contribution in [0.15, 0.2) is 0 Å². The van der Waals surface area contributed by atoms with Crippen LogP contribution in [0.3, 0.4) is 0 Å². The van der Waals surface area contributed by atoms with Crippen molar-refractivity contribution < 1.29 is 4.39 Å². The predicted octanol–water partition coefficient (Wildman–Crippen LogP) is 0.284. The Morgan fingerprint density at radius 1 is 1.60 bits per heavy atom. The van der Waals surface area contributed by atoms with E-state index in [2.05, 4.69) is 5.32 Å². The Morgan fingerprint density at radius 2 is 2.40 bits per heavy atom.